The van der Waals surface area contributed by atoms with Crippen LogP contribution < -0.4 is 10.0 Å². The lowest BCUT2D eigenvalue weighted by molar-refractivity contribution is 0.101. The summed E-state index contributed by atoms with van der Waals surface area (Å²) in [7, 11) is -0.658. The number of anilines is 1. The number of hydrogen-bond donors (Lipinski definition) is 3. The number of sulfonamides is 1. The van der Waals surface area contributed by atoms with E-state index in [-0.39, 0.29) is 10.6 Å². The van der Waals surface area contributed by atoms with Crippen LogP contribution in [0.5, 0.6) is 0 Å². The number of amides is 1. The van der Waals surface area contributed by atoms with E-state index in [9.17, 15) is 13.2 Å². The Morgan fingerprint density at radius 2 is 2.15 bits per heavy atom. The van der Waals surface area contributed by atoms with Crippen LogP contribution in [0.2, 0.25) is 0 Å². The first-order chi connectivity index (χ1) is 9.35. The number of aromatic nitrogens is 3. The van der Waals surface area contributed by atoms with E-state index in [0.29, 0.717) is 5.82 Å². The summed E-state index contributed by atoms with van der Waals surface area (Å²) in [5.41, 5.74) is 1.02. The van der Waals surface area contributed by atoms with Crippen LogP contribution in [0.25, 0.3) is 0 Å². The molecule has 1 amide bonds. The van der Waals surface area contributed by atoms with Crippen molar-refractivity contribution in [1.82, 2.24) is 19.5 Å². The van der Waals surface area contributed by atoms with E-state index < -0.39 is 15.9 Å². The minimum Gasteiger partial charge on any atom is -0.345 e. The van der Waals surface area contributed by atoms with Crippen LogP contribution in [0.1, 0.15) is 16.1 Å². The SMILES string of the molecule is CNS(=O)(=O)c1cc(C(=O)Nc2[nH]ncc2C)n(C)c1. The lowest BCUT2D eigenvalue weighted by Crippen LogP contribution is -2.18. The minimum absolute atomic E-state index is 0.0361. The summed E-state index contributed by atoms with van der Waals surface area (Å²) in [5.74, 6) is 0.0617. The average Bonchev–Trinajstić information content (AvgIpc) is 2.97. The lowest BCUT2D eigenvalue weighted by Gasteiger charge is -2.04. The third kappa shape index (κ3) is 2.58. The van der Waals surface area contributed by atoms with Gasteiger partial charge in [0.25, 0.3) is 5.91 Å². The maximum atomic E-state index is 12.1. The number of carbonyl (C=O) groups is 1. The van der Waals surface area contributed by atoms with Crippen molar-refractivity contribution in [2.45, 2.75) is 11.8 Å². The minimum atomic E-state index is -3.57. The molecule has 2 aromatic rings. The van der Waals surface area contributed by atoms with Crippen molar-refractivity contribution in [3.63, 3.8) is 0 Å². The summed E-state index contributed by atoms with van der Waals surface area (Å²) in [6.07, 6.45) is 2.96. The molecule has 0 fully saturated rings. The number of nitrogens with zero attached hydrogens (tertiary/aromatic N) is 2. The van der Waals surface area contributed by atoms with Crippen LogP contribution in [-0.2, 0) is 17.1 Å². The quantitative estimate of drug-likeness (QED) is 0.749. The van der Waals surface area contributed by atoms with Gasteiger partial charge in [0.1, 0.15) is 16.4 Å². The normalized spacial score (nSPS) is 11.6. The van der Waals surface area contributed by atoms with Crippen LogP contribution in [0.4, 0.5) is 5.82 Å². The van der Waals surface area contributed by atoms with E-state index in [4.69, 9.17) is 0 Å². The smallest absolute Gasteiger partial charge is 0.273 e. The molecule has 20 heavy (non-hydrogen) atoms. The Kier molecular flexibility index (Phi) is 3.64. The zero-order chi connectivity index (χ0) is 14.9. The van der Waals surface area contributed by atoms with Crippen molar-refractivity contribution in [1.29, 1.82) is 0 Å². The fourth-order valence-electron chi connectivity index (χ4n) is 1.68. The molecule has 0 aliphatic rings. The van der Waals surface area contributed by atoms with Crippen molar-refractivity contribution in [3.05, 3.63) is 29.7 Å². The number of nitrogens with one attached hydrogen (secondary N) is 3. The lowest BCUT2D eigenvalue weighted by atomic mass is 10.3. The topological polar surface area (TPSA) is 109 Å². The highest BCUT2D eigenvalue weighted by atomic mass is 32.2. The summed E-state index contributed by atoms with van der Waals surface area (Å²) in [6.45, 7) is 1.79. The highest BCUT2D eigenvalue weighted by molar-refractivity contribution is 7.89. The Morgan fingerprint density at radius 1 is 1.45 bits per heavy atom. The molecule has 2 heterocycles. The third-order valence-corrected chi connectivity index (χ3v) is 4.24. The van der Waals surface area contributed by atoms with Gasteiger partial charge in [-0.25, -0.2) is 13.1 Å². The van der Waals surface area contributed by atoms with Gasteiger partial charge in [0.2, 0.25) is 10.0 Å². The second-order valence-corrected chi connectivity index (χ2v) is 6.15. The van der Waals surface area contributed by atoms with Gasteiger partial charge >= 0.3 is 0 Å². The number of hydrogen-bond acceptors (Lipinski definition) is 4. The Hall–Kier alpha value is -2.13. The van der Waals surface area contributed by atoms with Gasteiger partial charge in [0, 0.05) is 18.8 Å². The van der Waals surface area contributed by atoms with Crippen molar-refractivity contribution < 1.29 is 13.2 Å². The first-order valence-corrected chi connectivity index (χ1v) is 7.24. The summed E-state index contributed by atoms with van der Waals surface area (Å²) < 4.78 is 27.0. The van der Waals surface area contributed by atoms with Gasteiger partial charge in [0.05, 0.1) is 6.20 Å². The van der Waals surface area contributed by atoms with E-state index in [2.05, 4.69) is 20.2 Å². The summed E-state index contributed by atoms with van der Waals surface area (Å²) in [4.78, 5) is 12.2. The maximum Gasteiger partial charge on any atom is 0.273 e. The second kappa shape index (κ2) is 5.10. The van der Waals surface area contributed by atoms with Crippen LogP contribution in [0, 0.1) is 6.92 Å². The molecular formula is C11H15N5O3S. The Bertz CT molecular complexity index is 744. The molecule has 0 saturated heterocycles. The molecule has 0 aliphatic carbocycles. The molecule has 0 spiro atoms. The standard InChI is InChI=1S/C11H15N5O3S/c1-7-5-13-15-10(7)14-11(17)9-4-8(6-16(9)3)20(18,19)12-2/h4-6,12H,1-3H3,(H2,13,14,15,17). The second-order valence-electron chi connectivity index (χ2n) is 4.26. The molecule has 2 rings (SSSR count). The molecule has 0 atom stereocenters. The molecule has 0 radical (unpaired) electrons. The molecule has 0 aliphatic heterocycles. The number of H-pyrrole nitrogens is 1. The zero-order valence-corrected chi connectivity index (χ0v) is 12.1. The number of rotatable bonds is 4. The molecule has 0 unspecified atom stereocenters. The van der Waals surface area contributed by atoms with Gasteiger partial charge in [0.15, 0.2) is 0 Å². The predicted molar refractivity (Wildman–Crippen MR) is 72.9 cm³/mol. The third-order valence-electron chi connectivity index (χ3n) is 2.86. The van der Waals surface area contributed by atoms with Gasteiger partial charge in [-0.1, -0.05) is 0 Å². The number of carbonyl (C=O) groups excluding carboxylic acids is 1. The molecule has 0 bridgehead atoms. The monoisotopic (exact) mass is 297 g/mol. The Balaban J connectivity index is 2.30. The van der Waals surface area contributed by atoms with Gasteiger partial charge in [-0.05, 0) is 20.0 Å². The van der Waals surface area contributed by atoms with Crippen LogP contribution >= 0.6 is 0 Å². The number of aryl methyl sites for hydroxylation is 2. The van der Waals surface area contributed by atoms with Crippen molar-refractivity contribution in [3.8, 4) is 0 Å². The Morgan fingerprint density at radius 3 is 2.70 bits per heavy atom. The van der Waals surface area contributed by atoms with E-state index in [1.165, 1.54) is 23.9 Å². The van der Waals surface area contributed by atoms with Gasteiger partial charge < -0.3 is 9.88 Å². The highest BCUT2D eigenvalue weighted by Gasteiger charge is 2.19. The zero-order valence-electron chi connectivity index (χ0n) is 11.3. The molecule has 0 aromatic carbocycles. The molecule has 2 aromatic heterocycles. The molecule has 108 valence electrons. The van der Waals surface area contributed by atoms with Crippen LogP contribution in [-0.4, -0.2) is 36.1 Å². The van der Waals surface area contributed by atoms with Crippen LogP contribution in [0.15, 0.2) is 23.4 Å². The van der Waals surface area contributed by atoms with Gasteiger partial charge in [-0.2, -0.15) is 5.10 Å². The summed E-state index contributed by atoms with van der Waals surface area (Å²) in [5, 5.41) is 9.09. The average molecular weight is 297 g/mol. The predicted octanol–water partition coefficient (Wildman–Crippen LogP) is 0.217. The first kappa shape index (κ1) is 14.3. The van der Waals surface area contributed by atoms with Crippen LogP contribution in [0.3, 0.4) is 0 Å². The molecule has 0 saturated carbocycles. The molecule has 3 N–H and O–H groups in total. The first-order valence-electron chi connectivity index (χ1n) is 5.76. The highest BCUT2D eigenvalue weighted by Crippen LogP contribution is 2.15. The van der Waals surface area contributed by atoms with E-state index >= 15 is 0 Å². The molecule has 8 nitrogen and oxygen atoms in total. The fourth-order valence-corrected chi connectivity index (χ4v) is 2.47. The van der Waals surface area contributed by atoms with Crippen molar-refractivity contribution >= 4 is 21.7 Å². The van der Waals surface area contributed by atoms with E-state index in [1.807, 2.05) is 0 Å². The number of aromatic amines is 1. The van der Waals surface area contributed by atoms with Gasteiger partial charge in [-0.3, -0.25) is 9.89 Å². The largest absolute Gasteiger partial charge is 0.345 e. The maximum absolute atomic E-state index is 12.1. The van der Waals surface area contributed by atoms with E-state index in [0.717, 1.165) is 5.56 Å². The summed E-state index contributed by atoms with van der Waals surface area (Å²) in [6, 6.07) is 1.31. The Labute approximate surface area is 116 Å². The molecular weight excluding hydrogens is 282 g/mol. The van der Waals surface area contributed by atoms with Gasteiger partial charge in [-0.15, -0.1) is 0 Å². The fraction of sp³-hybridized carbons (Fsp3) is 0.273. The van der Waals surface area contributed by atoms with E-state index in [1.54, 1.807) is 20.2 Å². The van der Waals surface area contributed by atoms with Crippen molar-refractivity contribution in [2.24, 2.45) is 7.05 Å². The summed E-state index contributed by atoms with van der Waals surface area (Å²) >= 11 is 0. The van der Waals surface area contributed by atoms with Crippen molar-refractivity contribution in [2.75, 3.05) is 12.4 Å². The molecule has 9 heteroatoms.